The Balaban J connectivity index is 1.77. The van der Waals surface area contributed by atoms with E-state index >= 15 is 0 Å². The van der Waals surface area contributed by atoms with Gasteiger partial charge in [-0.05, 0) is 35.9 Å². The number of aliphatic hydroxyl groups is 1. The second-order valence-corrected chi connectivity index (χ2v) is 8.46. The zero-order chi connectivity index (χ0) is 25.5. The van der Waals surface area contributed by atoms with Gasteiger partial charge in [-0.2, -0.15) is 26.3 Å². The van der Waals surface area contributed by atoms with E-state index in [-0.39, 0.29) is 29.7 Å². The van der Waals surface area contributed by atoms with Gasteiger partial charge in [-0.1, -0.05) is 28.1 Å². The van der Waals surface area contributed by atoms with Crippen molar-refractivity contribution < 1.29 is 31.4 Å². The third-order valence-corrected chi connectivity index (χ3v) is 5.63. The maximum atomic E-state index is 13.5. The van der Waals surface area contributed by atoms with Crippen molar-refractivity contribution in [1.82, 2.24) is 15.0 Å². The fourth-order valence-electron chi connectivity index (χ4n) is 3.51. The quantitative estimate of drug-likeness (QED) is 0.230. The first kappa shape index (κ1) is 24.8. The third-order valence-electron chi connectivity index (χ3n) is 5.14. The first-order chi connectivity index (χ1) is 16.3. The molecule has 6 nitrogen and oxygen atoms in total. The molecule has 0 saturated heterocycles. The minimum Gasteiger partial charge on any atom is -0.387 e. The van der Waals surface area contributed by atoms with Crippen molar-refractivity contribution in [3.05, 3.63) is 80.2 Å². The smallest absolute Gasteiger partial charge is 0.387 e. The van der Waals surface area contributed by atoms with Crippen LogP contribution in [0.1, 0.15) is 22.8 Å². The number of pyridine rings is 1. The Bertz CT molecular complexity index is 1440. The lowest BCUT2D eigenvalue weighted by atomic mass is 10.1. The minimum atomic E-state index is -5.12. The lowest BCUT2D eigenvalue weighted by Crippen LogP contribution is -2.17. The Morgan fingerprint density at radius 2 is 1.80 bits per heavy atom. The molecule has 2 aromatic heterocycles. The zero-order valence-corrected chi connectivity index (χ0v) is 18.9. The van der Waals surface area contributed by atoms with Gasteiger partial charge in [0.05, 0.1) is 28.4 Å². The number of benzene rings is 2. The number of anilines is 1. The van der Waals surface area contributed by atoms with Crippen LogP contribution in [-0.2, 0) is 12.4 Å². The average molecular weight is 561 g/mol. The van der Waals surface area contributed by atoms with E-state index in [9.17, 15) is 36.2 Å². The van der Waals surface area contributed by atoms with Crippen LogP contribution >= 0.6 is 15.9 Å². The van der Waals surface area contributed by atoms with E-state index in [0.717, 1.165) is 4.47 Å². The van der Waals surface area contributed by atoms with Crippen LogP contribution in [0.15, 0.2) is 57.9 Å². The van der Waals surface area contributed by atoms with Gasteiger partial charge in [-0.3, -0.25) is 4.79 Å². The van der Waals surface area contributed by atoms with E-state index in [0.29, 0.717) is 11.6 Å². The highest BCUT2D eigenvalue weighted by atomic mass is 79.9. The van der Waals surface area contributed by atoms with E-state index in [4.69, 9.17) is 0 Å². The van der Waals surface area contributed by atoms with Crippen molar-refractivity contribution in [2.24, 2.45) is 0 Å². The highest BCUT2D eigenvalue weighted by molar-refractivity contribution is 9.10. The number of hydrogen-bond donors (Lipinski definition) is 4. The van der Waals surface area contributed by atoms with Gasteiger partial charge in [0.2, 0.25) is 0 Å². The van der Waals surface area contributed by atoms with Crippen LogP contribution in [0.25, 0.3) is 22.4 Å². The van der Waals surface area contributed by atoms with E-state index < -0.39 is 46.2 Å². The maximum Gasteiger partial charge on any atom is 0.418 e. The van der Waals surface area contributed by atoms with Crippen molar-refractivity contribution in [2.75, 3.05) is 11.9 Å². The number of nitrogens with one attached hydrogen (secondary N) is 3. The van der Waals surface area contributed by atoms with Crippen molar-refractivity contribution in [2.45, 2.75) is 18.5 Å². The van der Waals surface area contributed by atoms with Gasteiger partial charge in [-0.15, -0.1) is 0 Å². The maximum absolute atomic E-state index is 13.5. The van der Waals surface area contributed by atoms with Gasteiger partial charge >= 0.3 is 12.4 Å². The number of aromatic amines is 2. The lowest BCUT2D eigenvalue weighted by molar-refractivity contribution is -0.142. The van der Waals surface area contributed by atoms with Gasteiger partial charge in [0.25, 0.3) is 5.56 Å². The number of H-pyrrole nitrogens is 2. The van der Waals surface area contributed by atoms with E-state index in [1.807, 2.05) is 0 Å². The summed E-state index contributed by atoms with van der Waals surface area (Å²) in [5.41, 5.74) is -4.72. The summed E-state index contributed by atoms with van der Waals surface area (Å²) < 4.78 is 80.9. The zero-order valence-electron chi connectivity index (χ0n) is 17.4. The molecule has 1 unspecified atom stereocenters. The fourth-order valence-corrected chi connectivity index (χ4v) is 3.93. The van der Waals surface area contributed by atoms with Crippen molar-refractivity contribution >= 4 is 32.7 Å². The largest absolute Gasteiger partial charge is 0.418 e. The van der Waals surface area contributed by atoms with E-state index in [1.54, 1.807) is 24.3 Å². The molecule has 13 heteroatoms. The molecule has 184 valence electrons. The summed E-state index contributed by atoms with van der Waals surface area (Å²) >= 11 is 3.29. The molecule has 2 heterocycles. The molecule has 2 aromatic carbocycles. The fraction of sp³-hybridized carbons (Fsp3) is 0.182. The minimum absolute atomic E-state index is 0.0182. The Morgan fingerprint density at radius 1 is 1.06 bits per heavy atom. The Kier molecular flexibility index (Phi) is 6.40. The second-order valence-electron chi connectivity index (χ2n) is 7.55. The van der Waals surface area contributed by atoms with E-state index in [1.165, 1.54) is 12.3 Å². The summed E-state index contributed by atoms with van der Waals surface area (Å²) in [6.07, 6.45) is -9.89. The Labute approximate surface area is 201 Å². The number of aromatic nitrogens is 3. The monoisotopic (exact) mass is 560 g/mol. The van der Waals surface area contributed by atoms with Crippen LogP contribution in [0.3, 0.4) is 0 Å². The number of nitrogens with zero attached hydrogens (tertiary/aromatic N) is 1. The Hall–Kier alpha value is -3.32. The van der Waals surface area contributed by atoms with Crippen LogP contribution in [0.5, 0.6) is 0 Å². The molecule has 0 aliphatic carbocycles. The molecule has 0 bridgehead atoms. The summed E-state index contributed by atoms with van der Waals surface area (Å²) in [7, 11) is 0. The van der Waals surface area contributed by atoms with E-state index in [2.05, 4.69) is 36.2 Å². The predicted molar refractivity (Wildman–Crippen MR) is 120 cm³/mol. The second kappa shape index (κ2) is 9.04. The van der Waals surface area contributed by atoms with Gasteiger partial charge < -0.3 is 20.4 Å². The summed E-state index contributed by atoms with van der Waals surface area (Å²) in [4.78, 5) is 21.1. The highest BCUT2D eigenvalue weighted by Gasteiger charge is 2.39. The topological polar surface area (TPSA) is 93.8 Å². The standard InChI is InChI=1S/C22H15BrF6N4O2/c23-12-3-1-2-10(6-12)16(34)9-31-14-4-5-30-20(35)17(14)19-32-15-8-11(21(24,25)26)7-13(18(15)33-19)22(27,28)29/h1-8,16,34H,9H2,(H,32,33)(H2,30,31,35). The molecule has 4 N–H and O–H groups in total. The number of aliphatic hydroxyl groups excluding tert-OH is 1. The van der Waals surface area contributed by atoms with Crippen LogP contribution < -0.4 is 10.9 Å². The number of rotatable bonds is 5. The molecule has 0 aliphatic heterocycles. The molecule has 0 spiro atoms. The average Bonchev–Trinajstić information content (AvgIpc) is 3.19. The molecule has 35 heavy (non-hydrogen) atoms. The highest BCUT2D eigenvalue weighted by Crippen LogP contribution is 2.40. The normalized spacial score (nSPS) is 13.3. The van der Waals surface area contributed by atoms with Crippen LogP contribution in [-0.4, -0.2) is 26.6 Å². The van der Waals surface area contributed by atoms with Crippen molar-refractivity contribution in [1.29, 1.82) is 0 Å². The van der Waals surface area contributed by atoms with Gasteiger partial charge in [0, 0.05) is 17.2 Å². The molecule has 0 amide bonds. The van der Waals surface area contributed by atoms with Crippen molar-refractivity contribution in [3.8, 4) is 11.4 Å². The van der Waals surface area contributed by atoms with Gasteiger partial charge in [0.15, 0.2) is 0 Å². The number of alkyl halides is 6. The Morgan fingerprint density at radius 3 is 2.46 bits per heavy atom. The van der Waals surface area contributed by atoms with Crippen molar-refractivity contribution in [3.63, 3.8) is 0 Å². The van der Waals surface area contributed by atoms with Crippen LogP contribution in [0.4, 0.5) is 32.0 Å². The molecular formula is C22H15BrF6N4O2. The first-order valence-corrected chi connectivity index (χ1v) is 10.7. The summed E-state index contributed by atoms with van der Waals surface area (Å²) in [5.74, 6) is -0.369. The lowest BCUT2D eigenvalue weighted by Gasteiger charge is -2.15. The number of imidazole rings is 1. The van der Waals surface area contributed by atoms with Gasteiger partial charge in [0.1, 0.15) is 16.9 Å². The molecule has 0 aliphatic rings. The third kappa shape index (κ3) is 5.20. The summed E-state index contributed by atoms with van der Waals surface area (Å²) in [5, 5.41) is 13.3. The summed E-state index contributed by atoms with van der Waals surface area (Å²) in [6, 6.07) is 8.71. The molecule has 4 aromatic rings. The van der Waals surface area contributed by atoms with Crippen LogP contribution in [0.2, 0.25) is 0 Å². The molecule has 0 radical (unpaired) electrons. The van der Waals surface area contributed by atoms with Crippen LogP contribution in [0, 0.1) is 0 Å². The van der Waals surface area contributed by atoms with Gasteiger partial charge in [-0.25, -0.2) is 4.98 Å². The number of halogens is 7. The number of hydrogen-bond acceptors (Lipinski definition) is 4. The SMILES string of the molecule is O=c1[nH]ccc(NCC(O)c2cccc(Br)c2)c1-c1nc2c(C(F)(F)F)cc(C(F)(F)F)cc2[nH]1. The molecular weight excluding hydrogens is 546 g/mol. The molecule has 1 atom stereocenters. The molecule has 0 fully saturated rings. The first-order valence-electron chi connectivity index (χ1n) is 9.92. The summed E-state index contributed by atoms with van der Waals surface area (Å²) in [6.45, 7) is -0.0842. The predicted octanol–water partition coefficient (Wildman–Crippen LogP) is 5.86. The molecule has 0 saturated carbocycles. The number of fused-ring (bicyclic) bond motifs is 1. The molecule has 4 rings (SSSR count).